The third-order valence-electron chi connectivity index (χ3n) is 2.52. The highest BCUT2D eigenvalue weighted by molar-refractivity contribution is 5.04. The average molecular weight is 127 g/mol. The van der Waals surface area contributed by atoms with Gasteiger partial charge in [-0.1, -0.05) is 0 Å². The summed E-state index contributed by atoms with van der Waals surface area (Å²) in [5.74, 6) is 0. The van der Waals surface area contributed by atoms with Crippen molar-refractivity contribution in [3.63, 3.8) is 0 Å². The molecule has 52 valence electrons. The van der Waals surface area contributed by atoms with Crippen LogP contribution in [0.25, 0.3) is 0 Å². The van der Waals surface area contributed by atoms with Crippen molar-refractivity contribution >= 4 is 0 Å². The van der Waals surface area contributed by atoms with Gasteiger partial charge in [-0.3, -0.25) is 0 Å². The van der Waals surface area contributed by atoms with Gasteiger partial charge in [0.25, 0.3) is 0 Å². The maximum Gasteiger partial charge on any atom is 0.0665 e. The lowest BCUT2D eigenvalue weighted by atomic mass is 10.0. The van der Waals surface area contributed by atoms with E-state index in [9.17, 15) is 0 Å². The van der Waals surface area contributed by atoms with E-state index in [-0.39, 0.29) is 6.10 Å². The molecule has 1 heterocycles. The third kappa shape index (κ3) is 0.970. The lowest BCUT2D eigenvalue weighted by molar-refractivity contribution is 0.121. The zero-order valence-corrected chi connectivity index (χ0v) is 5.56. The molecule has 0 aromatic heterocycles. The molecule has 2 heteroatoms. The summed E-state index contributed by atoms with van der Waals surface area (Å²) in [6, 6.07) is 0. The van der Waals surface area contributed by atoms with Crippen molar-refractivity contribution in [2.24, 2.45) is 0 Å². The number of aliphatic hydroxyl groups is 1. The van der Waals surface area contributed by atoms with Crippen molar-refractivity contribution in [1.82, 2.24) is 5.32 Å². The summed E-state index contributed by atoms with van der Waals surface area (Å²) < 4.78 is 0. The van der Waals surface area contributed by atoms with Crippen molar-refractivity contribution in [3.05, 3.63) is 0 Å². The molecule has 2 rings (SSSR count). The quantitative estimate of drug-likeness (QED) is 0.489. The van der Waals surface area contributed by atoms with E-state index >= 15 is 0 Å². The molecule has 1 saturated carbocycles. The summed E-state index contributed by atoms with van der Waals surface area (Å²) >= 11 is 0. The fourth-order valence-corrected chi connectivity index (χ4v) is 1.55. The molecule has 0 unspecified atom stereocenters. The summed E-state index contributed by atoms with van der Waals surface area (Å²) in [7, 11) is 0. The smallest absolute Gasteiger partial charge is 0.0665 e. The Balaban J connectivity index is 1.91. The van der Waals surface area contributed by atoms with Gasteiger partial charge in [-0.25, -0.2) is 0 Å². The fraction of sp³-hybridized carbons (Fsp3) is 1.00. The summed E-state index contributed by atoms with van der Waals surface area (Å²) in [6.07, 6.45) is 4.79. The van der Waals surface area contributed by atoms with Gasteiger partial charge >= 0.3 is 0 Å². The first-order chi connectivity index (χ1) is 4.31. The zero-order valence-electron chi connectivity index (χ0n) is 5.56. The molecular formula is C7H13NO. The first-order valence-corrected chi connectivity index (χ1v) is 3.74. The number of piperidine rings is 1. The summed E-state index contributed by atoms with van der Waals surface area (Å²) in [5, 5.41) is 12.5. The highest BCUT2D eigenvalue weighted by Gasteiger charge is 2.44. The first kappa shape index (κ1) is 5.69. The van der Waals surface area contributed by atoms with Crippen LogP contribution in [0, 0.1) is 0 Å². The van der Waals surface area contributed by atoms with Crippen LogP contribution in [0.3, 0.4) is 0 Å². The van der Waals surface area contributed by atoms with E-state index in [0.717, 1.165) is 13.0 Å². The maximum atomic E-state index is 9.11. The van der Waals surface area contributed by atoms with E-state index in [1.54, 1.807) is 0 Å². The molecule has 9 heavy (non-hydrogen) atoms. The molecule has 2 fully saturated rings. The van der Waals surface area contributed by atoms with Crippen molar-refractivity contribution in [1.29, 1.82) is 0 Å². The van der Waals surface area contributed by atoms with Crippen molar-refractivity contribution < 1.29 is 5.11 Å². The van der Waals surface area contributed by atoms with Crippen LogP contribution in [0.1, 0.15) is 25.7 Å². The molecule has 1 aliphatic carbocycles. The van der Waals surface area contributed by atoms with Crippen LogP contribution in [0.4, 0.5) is 0 Å². The van der Waals surface area contributed by atoms with Crippen molar-refractivity contribution in [2.75, 3.05) is 6.54 Å². The van der Waals surface area contributed by atoms with E-state index in [1.807, 2.05) is 0 Å². The van der Waals surface area contributed by atoms with E-state index in [4.69, 9.17) is 5.11 Å². The van der Waals surface area contributed by atoms with E-state index in [0.29, 0.717) is 5.54 Å². The second-order valence-corrected chi connectivity index (χ2v) is 3.35. The molecule has 0 aromatic rings. The molecule has 0 amide bonds. The monoisotopic (exact) mass is 127 g/mol. The van der Waals surface area contributed by atoms with Gasteiger partial charge in [-0.2, -0.15) is 0 Å². The lowest BCUT2D eigenvalue weighted by Gasteiger charge is -2.26. The van der Waals surface area contributed by atoms with Crippen LogP contribution in [0.2, 0.25) is 0 Å². The Kier molecular flexibility index (Phi) is 1.08. The van der Waals surface area contributed by atoms with Gasteiger partial charge in [0.05, 0.1) is 6.10 Å². The second kappa shape index (κ2) is 1.70. The number of aliphatic hydroxyl groups excluding tert-OH is 1. The Bertz CT molecular complexity index is 110. The van der Waals surface area contributed by atoms with Crippen molar-refractivity contribution in [2.45, 2.75) is 37.3 Å². The topological polar surface area (TPSA) is 32.3 Å². The number of hydrogen-bond donors (Lipinski definition) is 2. The lowest BCUT2D eigenvalue weighted by Crippen LogP contribution is -2.43. The van der Waals surface area contributed by atoms with E-state index in [2.05, 4.69) is 5.32 Å². The standard InChI is InChI=1S/C7H13NO/c9-6-1-2-7(3-4-7)8-5-6/h6,8-9H,1-5H2/t6-/m0/s1. The second-order valence-electron chi connectivity index (χ2n) is 3.35. The Morgan fingerprint density at radius 1 is 1.33 bits per heavy atom. The molecule has 0 bridgehead atoms. The van der Waals surface area contributed by atoms with Crippen LogP contribution in [-0.4, -0.2) is 23.3 Å². The average Bonchev–Trinajstić information content (AvgIpc) is 2.60. The van der Waals surface area contributed by atoms with Gasteiger partial charge in [0.2, 0.25) is 0 Å². The summed E-state index contributed by atoms with van der Waals surface area (Å²) in [6.45, 7) is 0.819. The SMILES string of the molecule is O[C@H]1CCC2(CC2)NC1. The molecule has 2 aliphatic rings. The van der Waals surface area contributed by atoms with Crippen molar-refractivity contribution in [3.8, 4) is 0 Å². The minimum absolute atomic E-state index is 0.0729. The normalized spacial score (nSPS) is 39.0. The fourth-order valence-electron chi connectivity index (χ4n) is 1.55. The molecule has 1 atom stereocenters. The van der Waals surface area contributed by atoms with Crippen LogP contribution >= 0.6 is 0 Å². The molecule has 2 nitrogen and oxygen atoms in total. The molecule has 0 radical (unpaired) electrons. The predicted octanol–water partition coefficient (Wildman–Crippen LogP) is 0.263. The van der Waals surface area contributed by atoms with Gasteiger partial charge in [0.15, 0.2) is 0 Å². The Labute approximate surface area is 55.3 Å². The maximum absolute atomic E-state index is 9.11. The van der Waals surface area contributed by atoms with Gasteiger partial charge < -0.3 is 10.4 Å². The summed E-state index contributed by atoms with van der Waals surface area (Å²) in [5.41, 5.74) is 0.499. The largest absolute Gasteiger partial charge is 0.392 e. The molecule has 1 saturated heterocycles. The molecular weight excluding hydrogens is 114 g/mol. The highest BCUT2D eigenvalue weighted by atomic mass is 16.3. The number of nitrogens with one attached hydrogen (secondary N) is 1. The van der Waals surface area contributed by atoms with Crippen LogP contribution in [0.5, 0.6) is 0 Å². The number of β-amino-alcohol motifs (C(OH)–C–C–N with tert-alkyl or cyclic N) is 1. The molecule has 2 N–H and O–H groups in total. The minimum atomic E-state index is -0.0729. The van der Waals surface area contributed by atoms with Crippen LogP contribution in [-0.2, 0) is 0 Å². The molecule has 1 aliphatic heterocycles. The van der Waals surface area contributed by atoms with Crippen LogP contribution < -0.4 is 5.32 Å². The molecule has 1 spiro atoms. The Morgan fingerprint density at radius 2 is 2.11 bits per heavy atom. The van der Waals surface area contributed by atoms with Gasteiger partial charge in [0, 0.05) is 12.1 Å². The van der Waals surface area contributed by atoms with Crippen LogP contribution in [0.15, 0.2) is 0 Å². The first-order valence-electron chi connectivity index (χ1n) is 3.74. The van der Waals surface area contributed by atoms with Gasteiger partial charge in [-0.15, -0.1) is 0 Å². The predicted molar refractivity (Wildman–Crippen MR) is 35.2 cm³/mol. The minimum Gasteiger partial charge on any atom is -0.392 e. The van der Waals surface area contributed by atoms with Gasteiger partial charge in [-0.05, 0) is 25.7 Å². The van der Waals surface area contributed by atoms with E-state index in [1.165, 1.54) is 19.3 Å². The van der Waals surface area contributed by atoms with E-state index < -0.39 is 0 Å². The number of hydrogen-bond acceptors (Lipinski definition) is 2. The zero-order chi connectivity index (χ0) is 6.32. The highest BCUT2D eigenvalue weighted by Crippen LogP contribution is 2.41. The van der Waals surface area contributed by atoms with Gasteiger partial charge in [0.1, 0.15) is 0 Å². The summed E-state index contributed by atoms with van der Waals surface area (Å²) in [4.78, 5) is 0. The third-order valence-corrected chi connectivity index (χ3v) is 2.52. The molecule has 0 aromatic carbocycles. The Hall–Kier alpha value is -0.0800. The number of rotatable bonds is 0. The Morgan fingerprint density at radius 3 is 2.56 bits per heavy atom.